The predicted octanol–water partition coefficient (Wildman–Crippen LogP) is 1.95. The zero-order chi connectivity index (χ0) is 11.7. The summed E-state index contributed by atoms with van der Waals surface area (Å²) in [6, 6.07) is 7.74. The monoisotopic (exact) mass is 220 g/mol. The average Bonchev–Trinajstić information content (AvgIpc) is 2.57. The summed E-state index contributed by atoms with van der Waals surface area (Å²) in [5.74, 6) is -0.351. The molecule has 0 spiro atoms. The lowest BCUT2D eigenvalue weighted by molar-refractivity contribution is 0.209. The van der Waals surface area contributed by atoms with Crippen LogP contribution in [0.15, 0.2) is 30.3 Å². The molecule has 0 aliphatic rings. The zero-order valence-corrected chi connectivity index (χ0v) is 9.18. The van der Waals surface area contributed by atoms with Gasteiger partial charge in [-0.25, -0.2) is 4.39 Å². The molecule has 0 aliphatic carbocycles. The molecule has 0 saturated heterocycles. The van der Waals surface area contributed by atoms with Gasteiger partial charge in [-0.1, -0.05) is 12.1 Å². The summed E-state index contributed by atoms with van der Waals surface area (Å²) >= 11 is 0. The number of hydrogen-bond acceptors (Lipinski definition) is 2. The second kappa shape index (κ2) is 4.06. The van der Waals surface area contributed by atoms with Crippen LogP contribution in [0, 0.1) is 12.7 Å². The van der Waals surface area contributed by atoms with E-state index in [2.05, 4.69) is 5.10 Å². The van der Waals surface area contributed by atoms with Crippen molar-refractivity contribution in [2.75, 3.05) is 0 Å². The minimum atomic E-state index is -0.845. The Morgan fingerprint density at radius 2 is 2.12 bits per heavy atom. The van der Waals surface area contributed by atoms with Crippen molar-refractivity contribution in [1.82, 2.24) is 9.78 Å². The molecular formula is C12H13FN2O. The molecule has 1 heterocycles. The van der Waals surface area contributed by atoms with E-state index >= 15 is 0 Å². The lowest BCUT2D eigenvalue weighted by Crippen LogP contribution is -2.06. The van der Waals surface area contributed by atoms with E-state index in [0.717, 1.165) is 5.69 Å². The van der Waals surface area contributed by atoms with Crippen LogP contribution in [0.4, 0.5) is 4.39 Å². The third-order valence-electron chi connectivity index (χ3n) is 2.48. The van der Waals surface area contributed by atoms with Crippen LogP contribution in [0.1, 0.15) is 23.1 Å². The Hall–Kier alpha value is -1.68. The lowest BCUT2D eigenvalue weighted by Gasteiger charge is -2.11. The molecule has 2 aromatic rings. The number of nitrogens with zero attached hydrogens (tertiary/aromatic N) is 2. The van der Waals surface area contributed by atoms with E-state index < -0.39 is 6.10 Å². The minimum Gasteiger partial charge on any atom is -0.382 e. The van der Waals surface area contributed by atoms with Crippen molar-refractivity contribution < 1.29 is 9.50 Å². The molecule has 1 atom stereocenters. The smallest absolute Gasteiger partial charge is 0.123 e. The van der Waals surface area contributed by atoms with Gasteiger partial charge in [0.2, 0.25) is 0 Å². The van der Waals surface area contributed by atoms with Crippen LogP contribution in [0.5, 0.6) is 0 Å². The highest BCUT2D eigenvalue weighted by Crippen LogP contribution is 2.22. The summed E-state index contributed by atoms with van der Waals surface area (Å²) in [6.45, 7) is 1.85. The predicted molar refractivity (Wildman–Crippen MR) is 58.4 cm³/mol. The summed E-state index contributed by atoms with van der Waals surface area (Å²) < 4.78 is 14.6. The molecule has 0 saturated carbocycles. The lowest BCUT2D eigenvalue weighted by atomic mass is 10.1. The molecule has 0 radical (unpaired) electrons. The molecule has 0 bridgehead atoms. The second-order valence-electron chi connectivity index (χ2n) is 3.79. The van der Waals surface area contributed by atoms with E-state index in [4.69, 9.17) is 0 Å². The molecule has 0 amide bonds. The standard InChI is InChI=1S/C12H13FN2O/c1-8-6-11(15(2)14-8)12(16)9-4-3-5-10(13)7-9/h3-7,12,16H,1-2H3. The first-order valence-corrected chi connectivity index (χ1v) is 5.02. The van der Waals surface area contributed by atoms with Gasteiger partial charge in [0.15, 0.2) is 0 Å². The average molecular weight is 220 g/mol. The van der Waals surface area contributed by atoms with E-state index in [-0.39, 0.29) is 5.82 Å². The number of aromatic nitrogens is 2. The van der Waals surface area contributed by atoms with Gasteiger partial charge in [-0.3, -0.25) is 4.68 Å². The van der Waals surface area contributed by atoms with Gasteiger partial charge in [0.05, 0.1) is 11.4 Å². The first kappa shape index (κ1) is 10.8. The third kappa shape index (κ3) is 1.97. The Balaban J connectivity index is 2.38. The van der Waals surface area contributed by atoms with Gasteiger partial charge >= 0.3 is 0 Å². The Morgan fingerprint density at radius 3 is 2.69 bits per heavy atom. The quantitative estimate of drug-likeness (QED) is 0.840. The van der Waals surface area contributed by atoms with Gasteiger partial charge in [0.1, 0.15) is 11.9 Å². The van der Waals surface area contributed by atoms with Gasteiger partial charge in [-0.2, -0.15) is 5.10 Å². The third-order valence-corrected chi connectivity index (χ3v) is 2.48. The Bertz CT molecular complexity index is 507. The zero-order valence-electron chi connectivity index (χ0n) is 9.18. The molecule has 1 aromatic carbocycles. The number of hydrogen-bond donors (Lipinski definition) is 1. The molecule has 1 unspecified atom stereocenters. The molecule has 16 heavy (non-hydrogen) atoms. The Morgan fingerprint density at radius 1 is 1.38 bits per heavy atom. The summed E-state index contributed by atoms with van der Waals surface area (Å²) in [5, 5.41) is 14.2. The van der Waals surface area contributed by atoms with Gasteiger partial charge in [-0.05, 0) is 30.7 Å². The topological polar surface area (TPSA) is 38.0 Å². The van der Waals surface area contributed by atoms with Crippen LogP contribution in [0.25, 0.3) is 0 Å². The van der Waals surface area contributed by atoms with Crippen LogP contribution in [0.2, 0.25) is 0 Å². The second-order valence-corrected chi connectivity index (χ2v) is 3.79. The van der Waals surface area contributed by atoms with Crippen LogP contribution in [0.3, 0.4) is 0 Å². The summed E-state index contributed by atoms with van der Waals surface area (Å²) in [5.41, 5.74) is 2.01. The van der Waals surface area contributed by atoms with Crippen molar-refractivity contribution in [2.24, 2.45) is 7.05 Å². The van der Waals surface area contributed by atoms with E-state index in [0.29, 0.717) is 11.3 Å². The first-order valence-electron chi connectivity index (χ1n) is 5.02. The van der Waals surface area contributed by atoms with E-state index in [9.17, 15) is 9.50 Å². The van der Waals surface area contributed by atoms with Gasteiger partial charge in [0, 0.05) is 7.05 Å². The number of benzene rings is 1. The Labute approximate surface area is 93.2 Å². The molecule has 84 valence electrons. The molecule has 4 heteroatoms. The fourth-order valence-corrected chi connectivity index (χ4v) is 1.73. The van der Waals surface area contributed by atoms with Gasteiger partial charge in [0.25, 0.3) is 0 Å². The highest BCUT2D eigenvalue weighted by atomic mass is 19.1. The summed E-state index contributed by atoms with van der Waals surface area (Å²) in [6.07, 6.45) is -0.845. The van der Waals surface area contributed by atoms with E-state index in [1.54, 1.807) is 29.9 Å². The largest absolute Gasteiger partial charge is 0.382 e. The Kier molecular flexibility index (Phi) is 2.75. The van der Waals surface area contributed by atoms with Crippen molar-refractivity contribution in [1.29, 1.82) is 0 Å². The molecule has 0 fully saturated rings. The highest BCUT2D eigenvalue weighted by molar-refractivity contribution is 5.27. The number of aliphatic hydroxyl groups is 1. The minimum absolute atomic E-state index is 0.351. The van der Waals surface area contributed by atoms with Crippen LogP contribution < -0.4 is 0 Å². The van der Waals surface area contributed by atoms with Crippen molar-refractivity contribution in [3.63, 3.8) is 0 Å². The number of aliphatic hydroxyl groups excluding tert-OH is 1. The first-order chi connectivity index (χ1) is 7.58. The van der Waals surface area contributed by atoms with Crippen molar-refractivity contribution in [2.45, 2.75) is 13.0 Å². The number of halogens is 1. The maximum absolute atomic E-state index is 13.0. The molecule has 1 N–H and O–H groups in total. The van der Waals surface area contributed by atoms with E-state index in [1.165, 1.54) is 12.1 Å². The molecular weight excluding hydrogens is 207 g/mol. The number of aryl methyl sites for hydroxylation is 2. The number of rotatable bonds is 2. The summed E-state index contributed by atoms with van der Waals surface area (Å²) in [4.78, 5) is 0. The van der Waals surface area contributed by atoms with Crippen LogP contribution in [-0.2, 0) is 7.05 Å². The molecule has 1 aromatic heterocycles. The summed E-state index contributed by atoms with van der Waals surface area (Å²) in [7, 11) is 1.75. The van der Waals surface area contributed by atoms with E-state index in [1.807, 2.05) is 6.92 Å². The van der Waals surface area contributed by atoms with Gasteiger partial charge < -0.3 is 5.11 Å². The normalized spacial score (nSPS) is 12.8. The SMILES string of the molecule is Cc1cc(C(O)c2cccc(F)c2)n(C)n1. The van der Waals surface area contributed by atoms with Gasteiger partial charge in [-0.15, -0.1) is 0 Å². The van der Waals surface area contributed by atoms with Crippen molar-refractivity contribution >= 4 is 0 Å². The molecule has 2 rings (SSSR count). The maximum atomic E-state index is 13.0. The molecule has 0 aliphatic heterocycles. The maximum Gasteiger partial charge on any atom is 0.123 e. The fraction of sp³-hybridized carbons (Fsp3) is 0.250. The van der Waals surface area contributed by atoms with Crippen molar-refractivity contribution in [3.05, 3.63) is 53.1 Å². The molecule has 3 nitrogen and oxygen atoms in total. The van der Waals surface area contributed by atoms with Crippen LogP contribution >= 0.6 is 0 Å². The highest BCUT2D eigenvalue weighted by Gasteiger charge is 2.15. The van der Waals surface area contributed by atoms with Crippen LogP contribution in [-0.4, -0.2) is 14.9 Å². The van der Waals surface area contributed by atoms with Crippen molar-refractivity contribution in [3.8, 4) is 0 Å². The fourth-order valence-electron chi connectivity index (χ4n) is 1.73.